The molecule has 3 rings (SSSR count). The Labute approximate surface area is 109 Å². The van der Waals surface area contributed by atoms with E-state index in [1.54, 1.807) is 30.5 Å². The maximum Gasteiger partial charge on any atom is 0.238 e. The van der Waals surface area contributed by atoms with Crippen LogP contribution in [-0.2, 0) is 6.42 Å². The van der Waals surface area contributed by atoms with Crippen molar-refractivity contribution in [2.45, 2.75) is 6.42 Å². The van der Waals surface area contributed by atoms with E-state index >= 15 is 0 Å². The minimum atomic E-state index is 0.439. The van der Waals surface area contributed by atoms with Gasteiger partial charge >= 0.3 is 0 Å². The normalized spacial score (nSPS) is 10.3. The van der Waals surface area contributed by atoms with E-state index in [-0.39, 0.29) is 0 Å². The number of nitrogens with zero attached hydrogens (tertiary/aromatic N) is 3. The Morgan fingerprint density at radius 1 is 1.16 bits per heavy atom. The SMILES string of the molecule is N#Cc1ccc(Cc2nc(-c3ccco3)no2)cc1. The molecule has 0 amide bonds. The number of benzene rings is 1. The van der Waals surface area contributed by atoms with Gasteiger partial charge in [0, 0.05) is 0 Å². The predicted molar refractivity (Wildman–Crippen MR) is 66.0 cm³/mol. The van der Waals surface area contributed by atoms with E-state index in [1.807, 2.05) is 12.1 Å². The molecule has 0 fully saturated rings. The zero-order valence-electron chi connectivity index (χ0n) is 9.91. The fourth-order valence-corrected chi connectivity index (χ4v) is 1.70. The van der Waals surface area contributed by atoms with Crippen LogP contribution in [-0.4, -0.2) is 10.1 Å². The molecule has 0 atom stereocenters. The van der Waals surface area contributed by atoms with Gasteiger partial charge in [0.05, 0.1) is 24.3 Å². The van der Waals surface area contributed by atoms with Crippen molar-refractivity contribution in [3.05, 3.63) is 59.7 Å². The van der Waals surface area contributed by atoms with Gasteiger partial charge in [-0.05, 0) is 29.8 Å². The summed E-state index contributed by atoms with van der Waals surface area (Å²) in [5.74, 6) is 1.53. The molecule has 0 aliphatic heterocycles. The van der Waals surface area contributed by atoms with Crippen molar-refractivity contribution in [1.29, 1.82) is 5.26 Å². The fourth-order valence-electron chi connectivity index (χ4n) is 1.70. The van der Waals surface area contributed by atoms with E-state index in [0.717, 1.165) is 5.56 Å². The summed E-state index contributed by atoms with van der Waals surface area (Å²) in [7, 11) is 0. The van der Waals surface area contributed by atoms with Gasteiger partial charge in [0.15, 0.2) is 5.76 Å². The summed E-state index contributed by atoms with van der Waals surface area (Å²) >= 11 is 0. The standard InChI is InChI=1S/C14H9N3O2/c15-9-11-5-3-10(4-6-11)8-13-16-14(17-19-13)12-2-1-7-18-12/h1-7H,8H2. The number of rotatable bonds is 3. The Hall–Kier alpha value is -2.87. The summed E-state index contributed by atoms with van der Waals surface area (Å²) in [5.41, 5.74) is 1.64. The largest absolute Gasteiger partial charge is 0.461 e. The fraction of sp³-hybridized carbons (Fsp3) is 0.0714. The van der Waals surface area contributed by atoms with Gasteiger partial charge in [-0.2, -0.15) is 10.2 Å². The molecule has 0 spiro atoms. The summed E-state index contributed by atoms with van der Waals surface area (Å²) in [6.07, 6.45) is 2.09. The molecule has 0 aliphatic carbocycles. The van der Waals surface area contributed by atoms with Crippen molar-refractivity contribution in [2.24, 2.45) is 0 Å². The Balaban J connectivity index is 1.78. The average molecular weight is 251 g/mol. The molecule has 0 bridgehead atoms. The molecule has 0 N–H and O–H groups in total. The van der Waals surface area contributed by atoms with Gasteiger partial charge < -0.3 is 8.94 Å². The average Bonchev–Trinajstić information content (AvgIpc) is 3.10. The lowest BCUT2D eigenvalue weighted by Gasteiger charge is -1.95. The third-order valence-corrected chi connectivity index (χ3v) is 2.65. The second kappa shape index (κ2) is 4.78. The minimum Gasteiger partial charge on any atom is -0.461 e. The van der Waals surface area contributed by atoms with Gasteiger partial charge in [-0.15, -0.1) is 0 Å². The molecular formula is C14H9N3O2. The number of hydrogen-bond donors (Lipinski definition) is 0. The third-order valence-electron chi connectivity index (χ3n) is 2.65. The van der Waals surface area contributed by atoms with Crippen LogP contribution in [0.5, 0.6) is 0 Å². The topological polar surface area (TPSA) is 75.8 Å². The first-order valence-corrected chi connectivity index (χ1v) is 5.70. The molecular weight excluding hydrogens is 242 g/mol. The Kier molecular flexibility index (Phi) is 2.83. The molecule has 0 radical (unpaired) electrons. The lowest BCUT2D eigenvalue weighted by Crippen LogP contribution is -1.88. The van der Waals surface area contributed by atoms with Crippen LogP contribution in [0.4, 0.5) is 0 Å². The van der Waals surface area contributed by atoms with E-state index in [4.69, 9.17) is 14.2 Å². The van der Waals surface area contributed by atoms with Crippen LogP contribution in [0.3, 0.4) is 0 Å². The minimum absolute atomic E-state index is 0.439. The summed E-state index contributed by atoms with van der Waals surface area (Å²) in [6.45, 7) is 0. The Bertz CT molecular complexity index is 706. The first-order valence-electron chi connectivity index (χ1n) is 5.70. The second-order valence-electron chi connectivity index (χ2n) is 3.97. The van der Waals surface area contributed by atoms with Gasteiger partial charge in [-0.1, -0.05) is 17.3 Å². The molecule has 0 aliphatic rings. The highest BCUT2D eigenvalue weighted by atomic mass is 16.5. The van der Waals surface area contributed by atoms with Gasteiger partial charge in [-0.25, -0.2) is 0 Å². The van der Waals surface area contributed by atoms with E-state index in [1.165, 1.54) is 0 Å². The van der Waals surface area contributed by atoms with Crippen LogP contribution in [0.15, 0.2) is 51.6 Å². The van der Waals surface area contributed by atoms with Gasteiger partial charge in [0.2, 0.25) is 11.7 Å². The highest BCUT2D eigenvalue weighted by Gasteiger charge is 2.11. The molecule has 0 unspecified atom stereocenters. The van der Waals surface area contributed by atoms with Crippen LogP contribution < -0.4 is 0 Å². The molecule has 3 aromatic rings. The highest BCUT2D eigenvalue weighted by molar-refractivity contribution is 5.44. The van der Waals surface area contributed by atoms with E-state index in [0.29, 0.717) is 29.5 Å². The lowest BCUT2D eigenvalue weighted by molar-refractivity contribution is 0.384. The lowest BCUT2D eigenvalue weighted by atomic mass is 10.1. The van der Waals surface area contributed by atoms with Crippen LogP contribution in [0.1, 0.15) is 17.0 Å². The van der Waals surface area contributed by atoms with Crippen molar-refractivity contribution in [3.8, 4) is 17.7 Å². The van der Waals surface area contributed by atoms with Gasteiger partial charge in [0.25, 0.3) is 0 Å². The molecule has 5 heteroatoms. The molecule has 1 aromatic carbocycles. The molecule has 92 valence electrons. The van der Waals surface area contributed by atoms with Crippen molar-refractivity contribution >= 4 is 0 Å². The van der Waals surface area contributed by atoms with Gasteiger partial charge in [-0.3, -0.25) is 0 Å². The van der Waals surface area contributed by atoms with Crippen molar-refractivity contribution in [1.82, 2.24) is 10.1 Å². The number of furan rings is 1. The monoisotopic (exact) mass is 251 g/mol. The van der Waals surface area contributed by atoms with Gasteiger partial charge in [0.1, 0.15) is 0 Å². The summed E-state index contributed by atoms with van der Waals surface area (Å²) < 4.78 is 10.4. The second-order valence-corrected chi connectivity index (χ2v) is 3.97. The first-order chi connectivity index (χ1) is 9.35. The molecule has 19 heavy (non-hydrogen) atoms. The predicted octanol–water partition coefficient (Wildman–Crippen LogP) is 2.79. The summed E-state index contributed by atoms with van der Waals surface area (Å²) in [4.78, 5) is 4.25. The zero-order valence-corrected chi connectivity index (χ0v) is 9.91. The van der Waals surface area contributed by atoms with Crippen LogP contribution in [0.2, 0.25) is 0 Å². The Morgan fingerprint density at radius 3 is 2.68 bits per heavy atom. The van der Waals surface area contributed by atoms with Crippen molar-refractivity contribution in [3.63, 3.8) is 0 Å². The molecule has 2 heterocycles. The first kappa shape index (κ1) is 11.2. The third kappa shape index (κ3) is 2.38. The van der Waals surface area contributed by atoms with E-state index < -0.39 is 0 Å². The number of aromatic nitrogens is 2. The van der Waals surface area contributed by atoms with Crippen LogP contribution in [0.25, 0.3) is 11.6 Å². The molecule has 5 nitrogen and oxygen atoms in total. The van der Waals surface area contributed by atoms with E-state index in [2.05, 4.69) is 16.2 Å². The van der Waals surface area contributed by atoms with Crippen molar-refractivity contribution in [2.75, 3.05) is 0 Å². The number of hydrogen-bond acceptors (Lipinski definition) is 5. The number of nitriles is 1. The molecule has 0 saturated heterocycles. The molecule has 2 aromatic heterocycles. The van der Waals surface area contributed by atoms with Crippen LogP contribution >= 0.6 is 0 Å². The Morgan fingerprint density at radius 2 is 2.00 bits per heavy atom. The van der Waals surface area contributed by atoms with Crippen LogP contribution in [0, 0.1) is 11.3 Å². The maximum absolute atomic E-state index is 8.73. The van der Waals surface area contributed by atoms with E-state index in [9.17, 15) is 0 Å². The van der Waals surface area contributed by atoms with Crippen molar-refractivity contribution < 1.29 is 8.94 Å². The quantitative estimate of drug-likeness (QED) is 0.715. The summed E-state index contributed by atoms with van der Waals surface area (Å²) in [6, 6.07) is 12.9. The molecule has 0 saturated carbocycles. The summed E-state index contributed by atoms with van der Waals surface area (Å²) in [5, 5.41) is 12.6. The highest BCUT2D eigenvalue weighted by Crippen LogP contribution is 2.17. The maximum atomic E-state index is 8.73. The smallest absolute Gasteiger partial charge is 0.238 e. The zero-order chi connectivity index (χ0) is 13.1.